The lowest BCUT2D eigenvalue weighted by molar-refractivity contribution is -0.123. The number of carbonyl (C=O) groups is 3. The minimum atomic E-state index is -0.942. The number of benzene rings is 4. The fourth-order valence-electron chi connectivity index (χ4n) is 17.2. The van der Waals surface area contributed by atoms with Gasteiger partial charge in [0, 0.05) is 29.8 Å². The van der Waals surface area contributed by atoms with E-state index >= 15 is 4.79 Å². The summed E-state index contributed by atoms with van der Waals surface area (Å²) < 4.78 is 53.0. The van der Waals surface area contributed by atoms with Gasteiger partial charge in [-0.3, -0.25) is 14.4 Å². The fourth-order valence-corrected chi connectivity index (χ4v) is 17.2. The quantitative estimate of drug-likeness (QED) is 0.0307. The summed E-state index contributed by atoms with van der Waals surface area (Å²) in [6, 6.07) is 23.8. The molecule has 3 amide bonds. The summed E-state index contributed by atoms with van der Waals surface area (Å²) in [7, 11) is 0. The van der Waals surface area contributed by atoms with Gasteiger partial charge in [-0.25, -0.2) is 0 Å². The van der Waals surface area contributed by atoms with E-state index in [-0.39, 0.29) is 44.2 Å². The van der Waals surface area contributed by atoms with Gasteiger partial charge in [0.15, 0.2) is 23.0 Å². The van der Waals surface area contributed by atoms with E-state index in [1.54, 1.807) is 12.1 Å². The number of para-hydroxylation sites is 1. The molecule has 744 valence electrons. The first kappa shape index (κ1) is 116. The first-order valence-corrected chi connectivity index (χ1v) is 54.4. The maximum absolute atomic E-state index is 15.3. The molecule has 0 saturated carbocycles. The highest BCUT2D eigenvalue weighted by molar-refractivity contribution is 5.99. The number of amides is 3. The monoisotopic (exact) mass is 1810 g/mol. The van der Waals surface area contributed by atoms with Crippen LogP contribution in [0.1, 0.15) is 487 Å². The van der Waals surface area contributed by atoms with Crippen LogP contribution in [0.25, 0.3) is 0 Å². The maximum Gasteiger partial charge on any atom is 0.252 e. The molecule has 0 aliphatic rings. The molecular weight excluding hydrogens is 1610 g/mol. The molecular formula is C115H198N4O11. The zero-order chi connectivity index (χ0) is 93.8. The van der Waals surface area contributed by atoms with E-state index in [4.69, 9.17) is 43.6 Å². The smallest absolute Gasteiger partial charge is 0.252 e. The van der Waals surface area contributed by atoms with E-state index < -0.39 is 11.9 Å². The van der Waals surface area contributed by atoms with Crippen molar-refractivity contribution in [1.29, 1.82) is 0 Å². The lowest BCUT2D eigenvalue weighted by Gasteiger charge is -2.21. The summed E-state index contributed by atoms with van der Waals surface area (Å²) in [5, 5.41) is 9.54. The number of hydrogen-bond donors (Lipinski definition) is 4. The minimum absolute atomic E-state index is 0.200. The summed E-state index contributed by atoms with van der Waals surface area (Å²) in [6.07, 6.45) is 66.4. The molecule has 15 nitrogen and oxygen atoms in total. The van der Waals surface area contributed by atoms with Crippen molar-refractivity contribution >= 4 is 17.7 Å². The highest BCUT2D eigenvalue weighted by Crippen LogP contribution is 2.42. The number of carbonyl (C=O) groups excluding carboxylic acids is 3. The van der Waals surface area contributed by atoms with E-state index in [0.29, 0.717) is 117 Å². The fraction of sp³-hybridized carbons (Fsp3) is 0.765. The Bertz CT molecular complexity index is 3240. The predicted octanol–water partition coefficient (Wildman–Crippen LogP) is 31.9. The summed E-state index contributed by atoms with van der Waals surface area (Å²) in [4.78, 5) is 44.8. The molecule has 4 aromatic rings. The summed E-state index contributed by atoms with van der Waals surface area (Å²) >= 11 is 0. The van der Waals surface area contributed by atoms with Crippen LogP contribution in [0.4, 0.5) is 0 Å². The van der Waals surface area contributed by atoms with Crippen molar-refractivity contribution in [2.75, 3.05) is 72.6 Å². The molecule has 15 heteroatoms. The third kappa shape index (κ3) is 60.9. The molecule has 4 aromatic carbocycles. The summed E-state index contributed by atoms with van der Waals surface area (Å²) in [5.74, 6) is 7.45. The van der Waals surface area contributed by atoms with Gasteiger partial charge in [-0.2, -0.15) is 0 Å². The molecule has 0 saturated heterocycles. The number of unbranched alkanes of at least 4 members (excludes halogenated alkanes) is 43. The first-order valence-electron chi connectivity index (χ1n) is 54.4. The molecule has 0 fully saturated rings. The van der Waals surface area contributed by atoms with Crippen LogP contribution in [0.5, 0.6) is 40.2 Å². The lowest BCUT2D eigenvalue weighted by Crippen LogP contribution is -2.47. The summed E-state index contributed by atoms with van der Waals surface area (Å²) in [5.41, 5.74) is 9.41. The second-order valence-electron chi connectivity index (χ2n) is 40.7. The Kier molecular flexibility index (Phi) is 70.6. The SMILES string of the molecule is CC(C)CCCCCCCCCCOc1cc(C(=O)NCCCCC(NC(=O)c2cc(OCCCCCCCCCCC(C)C)c(OCCCCCCCCCCC(C)C)c(OCCCCCCCCCCC(C)C)c2)C(=O)NCCOCCOc2ccccc2C(N)c2ccccc2)cc(OCCCCCCCCCCC(C)C)c1OCCCCCCCCCCC(C)C. The van der Waals surface area contributed by atoms with Crippen LogP contribution in [0.3, 0.4) is 0 Å². The van der Waals surface area contributed by atoms with Gasteiger partial charge in [-0.15, -0.1) is 0 Å². The van der Waals surface area contributed by atoms with Crippen LogP contribution in [-0.4, -0.2) is 96.3 Å². The molecule has 2 atom stereocenters. The third-order valence-corrected chi connectivity index (χ3v) is 25.4. The molecule has 0 spiro atoms. The summed E-state index contributed by atoms with van der Waals surface area (Å²) in [6.45, 7) is 32.1. The van der Waals surface area contributed by atoms with E-state index in [1.807, 2.05) is 66.7 Å². The molecule has 0 bridgehead atoms. The molecule has 130 heavy (non-hydrogen) atoms. The van der Waals surface area contributed by atoms with Crippen LogP contribution in [0, 0.1) is 35.5 Å². The molecule has 4 rings (SSSR count). The van der Waals surface area contributed by atoms with Crippen LogP contribution in [0.15, 0.2) is 78.9 Å². The van der Waals surface area contributed by atoms with Gasteiger partial charge in [0.25, 0.3) is 11.8 Å². The van der Waals surface area contributed by atoms with Crippen molar-refractivity contribution in [2.45, 2.75) is 461 Å². The van der Waals surface area contributed by atoms with Crippen molar-refractivity contribution in [2.24, 2.45) is 41.2 Å². The van der Waals surface area contributed by atoms with Crippen LogP contribution >= 0.6 is 0 Å². The molecule has 0 aromatic heterocycles. The van der Waals surface area contributed by atoms with Gasteiger partial charge < -0.3 is 59.6 Å². The molecule has 0 aliphatic carbocycles. The van der Waals surface area contributed by atoms with Crippen molar-refractivity contribution in [1.82, 2.24) is 16.0 Å². The Hall–Kier alpha value is -6.19. The van der Waals surface area contributed by atoms with Crippen LogP contribution < -0.4 is 54.8 Å². The highest BCUT2D eigenvalue weighted by atomic mass is 16.6. The van der Waals surface area contributed by atoms with Gasteiger partial charge in [0.05, 0.1) is 58.9 Å². The zero-order valence-corrected chi connectivity index (χ0v) is 85.8. The minimum Gasteiger partial charge on any atom is -0.491 e. The average molecular weight is 1810 g/mol. The van der Waals surface area contributed by atoms with Crippen molar-refractivity contribution in [3.8, 4) is 40.2 Å². The second kappa shape index (κ2) is 79.1. The highest BCUT2D eigenvalue weighted by Gasteiger charge is 2.26. The molecule has 0 heterocycles. The van der Waals surface area contributed by atoms with Gasteiger partial charge in [-0.05, 0) is 129 Å². The standard InChI is InChI=1S/C115H198N4O11/c1-94(2)68-50-37-25-13-19-31-43-62-81-124-106-90-101(91-107(125-82-63-44-32-20-14-26-38-51-69-95(3)4)111(106)129-85-66-47-35-23-17-29-41-54-72-98(9)10)113(120)117-79-61-60-77-104(115(122)118-80-87-123-88-89-128-105-78-59-58-76-103(105)110(116)100-74-56-49-57-75-100)119-114(121)102-92-108(126-83-64-45-33-21-15-27-39-52-70-96(5)6)112(130-86-67-48-36-24-18-30-42-55-73-99(11)12)109(93-102)127-84-65-46-34-22-16-28-40-53-71-97(7)8/h49,56-59,74-76,78,90-99,104,110H,13-48,50-55,60-73,77,79-89,116H2,1-12H3,(H,117,120)(H,118,122)(H,119,121). The Morgan fingerprint density at radius 3 is 0.869 bits per heavy atom. The van der Waals surface area contributed by atoms with E-state index in [0.717, 1.165) is 143 Å². The maximum atomic E-state index is 15.3. The first-order chi connectivity index (χ1) is 63.3. The molecule has 0 aliphatic heterocycles. The van der Waals surface area contributed by atoms with Crippen molar-refractivity contribution in [3.63, 3.8) is 0 Å². The van der Waals surface area contributed by atoms with E-state index in [1.165, 1.54) is 250 Å². The molecule has 0 radical (unpaired) electrons. The Balaban J connectivity index is 1.64. The van der Waals surface area contributed by atoms with Crippen molar-refractivity contribution < 1.29 is 52.3 Å². The van der Waals surface area contributed by atoms with Crippen LogP contribution in [-0.2, 0) is 9.53 Å². The second-order valence-corrected chi connectivity index (χ2v) is 40.7. The lowest BCUT2D eigenvalue weighted by atomic mass is 9.99. The third-order valence-electron chi connectivity index (χ3n) is 25.4. The Morgan fingerprint density at radius 1 is 0.262 bits per heavy atom. The van der Waals surface area contributed by atoms with Crippen LogP contribution in [0.2, 0.25) is 0 Å². The van der Waals surface area contributed by atoms with Gasteiger partial charge >= 0.3 is 0 Å². The van der Waals surface area contributed by atoms with Gasteiger partial charge in [0.1, 0.15) is 18.4 Å². The van der Waals surface area contributed by atoms with E-state index in [9.17, 15) is 9.59 Å². The molecule has 5 N–H and O–H groups in total. The van der Waals surface area contributed by atoms with E-state index in [2.05, 4.69) is 99.0 Å². The topological polar surface area (TPSA) is 187 Å². The van der Waals surface area contributed by atoms with Crippen molar-refractivity contribution in [3.05, 3.63) is 101 Å². The Morgan fingerprint density at radius 2 is 0.538 bits per heavy atom. The number of rotatable bonds is 90. The largest absolute Gasteiger partial charge is 0.491 e. The predicted molar refractivity (Wildman–Crippen MR) is 550 cm³/mol. The number of hydrogen-bond acceptors (Lipinski definition) is 12. The number of nitrogens with two attached hydrogens (primary N) is 1. The molecule has 2 unspecified atom stereocenters. The van der Waals surface area contributed by atoms with Gasteiger partial charge in [-0.1, -0.05) is 440 Å². The normalized spacial score (nSPS) is 12.1. The number of nitrogens with one attached hydrogen (secondary N) is 3. The number of ether oxygens (including phenoxy) is 8. The Labute approximate surface area is 797 Å². The zero-order valence-electron chi connectivity index (χ0n) is 85.8. The average Bonchev–Trinajstić information content (AvgIpc) is 0.820. The van der Waals surface area contributed by atoms with Gasteiger partial charge in [0.2, 0.25) is 17.4 Å².